The topological polar surface area (TPSA) is 9.72 Å². The highest BCUT2D eigenvalue weighted by molar-refractivity contribution is 7.26. The van der Waals surface area contributed by atoms with E-state index in [0.717, 1.165) is 36.3 Å². The van der Waals surface area contributed by atoms with Crippen LogP contribution in [0.2, 0.25) is 0 Å². The highest BCUT2D eigenvalue weighted by Crippen LogP contribution is 2.60. The molecule has 17 rings (SSSR count). The summed E-state index contributed by atoms with van der Waals surface area (Å²) in [4.78, 5) is 7.93. The smallest absolute Gasteiger partial charge is 0.254 e. The van der Waals surface area contributed by atoms with Gasteiger partial charge in [0.25, 0.3) is 6.71 Å². The van der Waals surface area contributed by atoms with Crippen molar-refractivity contribution in [3.63, 3.8) is 0 Å². The summed E-state index contributed by atoms with van der Waals surface area (Å²) in [5.41, 5.74) is 29.7. The number of nitrogens with zero attached hydrogens (tertiary/aromatic N) is 3. The molecule has 2 bridgehead atoms. The molecular weight excluding hydrogens is 1090 g/mol. The summed E-state index contributed by atoms with van der Waals surface area (Å²) in [7, 11) is 0. The molecule has 0 radical (unpaired) electrons. The van der Waals surface area contributed by atoms with Gasteiger partial charge in [0.2, 0.25) is 0 Å². The third kappa shape index (κ3) is 8.70. The molecule has 0 N–H and O–H groups in total. The number of thiophene rings is 1. The van der Waals surface area contributed by atoms with Gasteiger partial charge in [-0.05, 0) is 258 Å². The molecule has 1 saturated carbocycles. The molecule has 2 aliphatic heterocycles. The van der Waals surface area contributed by atoms with Crippen molar-refractivity contribution in [2.75, 3.05) is 14.7 Å². The highest BCUT2D eigenvalue weighted by Gasteiger charge is 2.51. The quantitative estimate of drug-likeness (QED) is 0.147. The molecule has 0 spiro atoms. The van der Waals surface area contributed by atoms with Gasteiger partial charge in [-0.15, -0.1) is 11.3 Å². The Kier molecular flexibility index (Phi) is 12.4. The lowest BCUT2D eigenvalue weighted by Crippen LogP contribution is -2.61. The molecule has 3 nitrogen and oxygen atoms in total. The predicted molar refractivity (Wildman–Crippen MR) is 384 cm³/mol. The van der Waals surface area contributed by atoms with E-state index in [9.17, 15) is 0 Å². The average Bonchev–Trinajstić information content (AvgIpc) is 1.68. The lowest BCUT2D eigenvalue weighted by Gasteiger charge is -2.52. The van der Waals surface area contributed by atoms with E-state index < -0.39 is 0 Å². The number of fused-ring (bicyclic) bond motifs is 10. The van der Waals surface area contributed by atoms with Crippen LogP contribution in [0.15, 0.2) is 188 Å². The van der Waals surface area contributed by atoms with Crippen molar-refractivity contribution in [1.29, 1.82) is 0 Å². The van der Waals surface area contributed by atoms with Gasteiger partial charge in [0.15, 0.2) is 0 Å². The summed E-state index contributed by atoms with van der Waals surface area (Å²) in [6, 6.07) is 73.7. The van der Waals surface area contributed by atoms with Crippen molar-refractivity contribution in [3.8, 4) is 22.3 Å². The van der Waals surface area contributed by atoms with Crippen LogP contribution in [-0.2, 0) is 37.9 Å². The molecule has 89 heavy (non-hydrogen) atoms. The van der Waals surface area contributed by atoms with Crippen LogP contribution in [0.3, 0.4) is 0 Å². The van der Waals surface area contributed by atoms with Crippen LogP contribution in [0.4, 0.5) is 50.5 Å². The van der Waals surface area contributed by atoms with Gasteiger partial charge in [0, 0.05) is 50.1 Å². The summed E-state index contributed by atoms with van der Waals surface area (Å²) in [5, 5.41) is 2.80. The minimum atomic E-state index is -0.0848. The Hall–Kier alpha value is -7.60. The van der Waals surface area contributed by atoms with E-state index in [4.69, 9.17) is 0 Å². The minimum absolute atomic E-state index is 0.0174. The fraction of sp³-hybridized carbons (Fsp3) is 0.333. The first-order valence-electron chi connectivity index (χ1n) is 33.4. The maximum absolute atomic E-state index is 2.78. The van der Waals surface area contributed by atoms with Gasteiger partial charge in [-0.1, -0.05) is 187 Å². The van der Waals surface area contributed by atoms with Crippen LogP contribution in [0.25, 0.3) is 32.3 Å². The SMILES string of the molecule is CC(C)(C)c1ccc2c(c1)B1c3c(cc(-c4ccc(N(c5ccccc5)c5ccccc5)cc4)cc3N(c3ccc4c(c3)C(C)(C)CCC4(C)C)c3sc4cc5c(cc4c31)C1(C)CCC5(C)CC1)N2c1cc2c(cc1-c1ccccc1)C(C)(C)CCC2(C)C. The minimum Gasteiger partial charge on any atom is -0.311 e. The molecule has 1 aromatic heterocycles. The predicted octanol–water partition coefficient (Wildman–Crippen LogP) is 21.9. The van der Waals surface area contributed by atoms with Crippen molar-refractivity contribution >= 4 is 95.0 Å². The van der Waals surface area contributed by atoms with Crippen molar-refractivity contribution < 1.29 is 0 Å². The lowest BCUT2D eigenvalue weighted by molar-refractivity contribution is 0.188. The first-order valence-corrected chi connectivity index (χ1v) is 34.2. The molecule has 7 aliphatic rings. The Balaban J connectivity index is 1.04. The molecule has 446 valence electrons. The van der Waals surface area contributed by atoms with E-state index >= 15 is 0 Å². The molecule has 0 saturated heterocycles. The number of hydrogen-bond donors (Lipinski definition) is 0. The number of anilines is 9. The van der Waals surface area contributed by atoms with Crippen LogP contribution in [0, 0.1) is 0 Å². The summed E-state index contributed by atoms with van der Waals surface area (Å²) in [6.07, 6.45) is 9.66. The standard InChI is InChI=1S/C84H86BN3S/c1-78(2,3)56-31-36-70-69(47-56)85-75-62-50-67-68(84(13)43-41-83(67,12)42-44-84)52-74(62)89-77(75)87(60-34-35-63-64(48-60)80(6,7)38-37-79(63,4)5)72-45-55(53-29-32-59(33-30-53)86(57-25-19-15-20-26-57)58-27-21-16-22-28-58)46-73(76(72)85)88(70)71-51-66-65(81(8,9)39-40-82(66,10)11)49-61(71)54-23-17-14-18-24-54/h14-36,45-52H,37-44H2,1-13H3. The summed E-state index contributed by atoms with van der Waals surface area (Å²) >= 11 is 2.06. The molecule has 10 aromatic rings. The van der Waals surface area contributed by atoms with E-state index in [-0.39, 0.29) is 44.6 Å². The average molecular weight is 1180 g/mol. The normalized spacial score (nSPS) is 21.1. The van der Waals surface area contributed by atoms with Gasteiger partial charge in [-0.2, -0.15) is 0 Å². The number of rotatable bonds is 7. The first-order chi connectivity index (χ1) is 42.4. The van der Waals surface area contributed by atoms with Crippen LogP contribution in [0.1, 0.15) is 180 Å². The largest absolute Gasteiger partial charge is 0.311 e. The zero-order valence-corrected chi connectivity index (χ0v) is 55.7. The zero-order chi connectivity index (χ0) is 61.5. The Morgan fingerprint density at radius 2 is 0.910 bits per heavy atom. The number of hydrogen-bond acceptors (Lipinski definition) is 4. The molecule has 0 unspecified atom stereocenters. The van der Waals surface area contributed by atoms with Crippen LogP contribution in [0.5, 0.6) is 0 Å². The van der Waals surface area contributed by atoms with Gasteiger partial charge in [0.05, 0.1) is 10.7 Å². The monoisotopic (exact) mass is 1180 g/mol. The van der Waals surface area contributed by atoms with Gasteiger partial charge < -0.3 is 14.7 Å². The molecule has 0 amide bonds. The second-order valence-corrected chi connectivity index (χ2v) is 33.0. The van der Waals surface area contributed by atoms with E-state index in [1.807, 2.05) is 0 Å². The van der Waals surface area contributed by atoms with Gasteiger partial charge >= 0.3 is 0 Å². The second kappa shape index (κ2) is 19.5. The van der Waals surface area contributed by atoms with Crippen LogP contribution >= 0.6 is 11.3 Å². The van der Waals surface area contributed by atoms with E-state index in [1.165, 1.54) is 142 Å². The van der Waals surface area contributed by atoms with E-state index in [2.05, 4.69) is 304 Å². The van der Waals surface area contributed by atoms with Gasteiger partial charge in [-0.25, -0.2) is 0 Å². The maximum atomic E-state index is 2.78. The molecular formula is C84H86BN3S. The van der Waals surface area contributed by atoms with Crippen molar-refractivity contribution in [2.45, 2.75) is 179 Å². The van der Waals surface area contributed by atoms with Gasteiger partial charge in [0.1, 0.15) is 0 Å². The molecule has 3 heterocycles. The second-order valence-electron chi connectivity index (χ2n) is 32.0. The van der Waals surface area contributed by atoms with Crippen molar-refractivity contribution in [1.82, 2.24) is 0 Å². The molecule has 1 fully saturated rings. The highest BCUT2D eigenvalue weighted by atomic mass is 32.1. The fourth-order valence-corrected chi connectivity index (χ4v) is 18.7. The number of para-hydroxylation sites is 2. The van der Waals surface area contributed by atoms with Gasteiger partial charge in [-0.3, -0.25) is 0 Å². The van der Waals surface area contributed by atoms with E-state index in [0.29, 0.717) is 0 Å². The summed E-state index contributed by atoms with van der Waals surface area (Å²) in [6.45, 7) is 32.2. The third-order valence-corrected chi connectivity index (χ3v) is 24.5. The fourth-order valence-electron chi connectivity index (χ4n) is 17.4. The Labute approximate surface area is 534 Å². The lowest BCUT2D eigenvalue weighted by atomic mass is 9.33. The molecule has 5 aliphatic carbocycles. The van der Waals surface area contributed by atoms with Crippen LogP contribution < -0.4 is 31.1 Å². The maximum Gasteiger partial charge on any atom is 0.254 e. The Bertz CT molecular complexity index is 4470. The number of benzene rings is 9. The Morgan fingerprint density at radius 1 is 0.393 bits per heavy atom. The molecule has 9 aromatic carbocycles. The van der Waals surface area contributed by atoms with E-state index in [1.54, 1.807) is 11.1 Å². The summed E-state index contributed by atoms with van der Waals surface area (Å²) in [5.74, 6) is 0. The van der Waals surface area contributed by atoms with Crippen molar-refractivity contribution in [3.05, 3.63) is 227 Å². The van der Waals surface area contributed by atoms with Crippen LogP contribution in [-0.4, -0.2) is 6.71 Å². The van der Waals surface area contributed by atoms with Crippen molar-refractivity contribution in [2.24, 2.45) is 0 Å². The molecule has 5 heteroatoms. The Morgan fingerprint density at radius 3 is 1.49 bits per heavy atom. The molecule has 0 atom stereocenters. The third-order valence-electron chi connectivity index (χ3n) is 23.3. The summed E-state index contributed by atoms with van der Waals surface area (Å²) < 4.78 is 1.42. The zero-order valence-electron chi connectivity index (χ0n) is 54.9. The first kappa shape index (κ1) is 56.6.